The zero-order valence-electron chi connectivity index (χ0n) is 13.5. The summed E-state index contributed by atoms with van der Waals surface area (Å²) in [5, 5.41) is 0. The molecular weight excluding hydrogens is 327 g/mol. The Balaban J connectivity index is 2.08. The number of nitrogens with zero attached hydrogens (tertiary/aromatic N) is 1. The minimum atomic E-state index is -4.44. The molecule has 5 heteroatoms. The van der Waals surface area contributed by atoms with E-state index in [1.807, 2.05) is 30.3 Å². The first-order chi connectivity index (χ1) is 11.8. The number of benzene rings is 2. The van der Waals surface area contributed by atoms with E-state index < -0.39 is 11.7 Å². The van der Waals surface area contributed by atoms with Crippen LogP contribution in [-0.4, -0.2) is 4.57 Å². The van der Waals surface area contributed by atoms with Crippen LogP contribution in [0.4, 0.5) is 13.2 Å². The molecule has 0 bridgehead atoms. The first-order valence-electron chi connectivity index (χ1n) is 7.75. The number of aromatic nitrogens is 1. The number of hydrogen-bond acceptors (Lipinski definition) is 1. The van der Waals surface area contributed by atoms with Gasteiger partial charge in [-0.15, -0.1) is 0 Å². The van der Waals surface area contributed by atoms with Gasteiger partial charge in [-0.1, -0.05) is 42.5 Å². The van der Waals surface area contributed by atoms with Gasteiger partial charge in [0, 0.05) is 37.0 Å². The van der Waals surface area contributed by atoms with Gasteiger partial charge >= 0.3 is 6.18 Å². The van der Waals surface area contributed by atoms with Gasteiger partial charge in [0.2, 0.25) is 0 Å². The maximum Gasteiger partial charge on any atom is 0.416 e. The van der Waals surface area contributed by atoms with Crippen LogP contribution in [0.25, 0.3) is 11.1 Å². The van der Waals surface area contributed by atoms with Crippen molar-refractivity contribution in [2.24, 2.45) is 7.05 Å². The molecule has 0 atom stereocenters. The highest BCUT2D eigenvalue weighted by Gasteiger charge is 2.30. The fraction of sp³-hybridized carbons (Fsp3) is 0.150. The highest BCUT2D eigenvalue weighted by Crippen LogP contribution is 2.31. The molecule has 0 spiro atoms. The van der Waals surface area contributed by atoms with Gasteiger partial charge < -0.3 is 4.57 Å². The minimum Gasteiger partial charge on any atom is -0.356 e. The van der Waals surface area contributed by atoms with E-state index in [9.17, 15) is 18.0 Å². The fourth-order valence-electron chi connectivity index (χ4n) is 2.79. The van der Waals surface area contributed by atoms with Crippen LogP contribution < -0.4 is 5.43 Å². The molecule has 25 heavy (non-hydrogen) atoms. The second kappa shape index (κ2) is 6.59. The summed E-state index contributed by atoms with van der Waals surface area (Å²) in [6, 6.07) is 14.4. The first kappa shape index (κ1) is 17.0. The number of rotatable bonds is 3. The predicted molar refractivity (Wildman–Crippen MR) is 91.4 cm³/mol. The van der Waals surface area contributed by atoms with E-state index in [1.165, 1.54) is 12.1 Å². The topological polar surface area (TPSA) is 22.0 Å². The zero-order chi connectivity index (χ0) is 18.0. The third-order valence-electron chi connectivity index (χ3n) is 3.97. The van der Waals surface area contributed by atoms with Gasteiger partial charge in [0.15, 0.2) is 5.43 Å². The lowest BCUT2D eigenvalue weighted by Gasteiger charge is -2.11. The van der Waals surface area contributed by atoms with Gasteiger partial charge in [-0.3, -0.25) is 4.79 Å². The van der Waals surface area contributed by atoms with Crippen LogP contribution in [-0.2, 0) is 19.6 Å². The van der Waals surface area contributed by atoms with E-state index in [-0.39, 0.29) is 16.6 Å². The minimum absolute atomic E-state index is 0.249. The van der Waals surface area contributed by atoms with Crippen molar-refractivity contribution in [1.82, 2.24) is 4.57 Å². The summed E-state index contributed by atoms with van der Waals surface area (Å²) in [7, 11) is 1.76. The molecule has 2 nitrogen and oxygen atoms in total. The molecule has 0 aliphatic heterocycles. The van der Waals surface area contributed by atoms with E-state index in [0.29, 0.717) is 12.0 Å². The number of alkyl halides is 3. The van der Waals surface area contributed by atoms with E-state index >= 15 is 0 Å². The summed E-state index contributed by atoms with van der Waals surface area (Å²) in [4.78, 5) is 12.8. The molecule has 0 radical (unpaired) electrons. The Morgan fingerprint density at radius 3 is 2.36 bits per heavy atom. The van der Waals surface area contributed by atoms with Crippen LogP contribution in [0, 0.1) is 0 Å². The molecule has 0 aliphatic rings. The maximum absolute atomic E-state index is 12.9. The Morgan fingerprint density at radius 1 is 0.960 bits per heavy atom. The van der Waals surface area contributed by atoms with Crippen molar-refractivity contribution in [2.45, 2.75) is 12.6 Å². The third kappa shape index (κ3) is 3.82. The average Bonchev–Trinajstić information content (AvgIpc) is 2.58. The number of hydrogen-bond donors (Lipinski definition) is 0. The molecule has 2 aromatic carbocycles. The van der Waals surface area contributed by atoms with Crippen LogP contribution in [0.15, 0.2) is 71.8 Å². The highest BCUT2D eigenvalue weighted by atomic mass is 19.4. The van der Waals surface area contributed by atoms with Crippen LogP contribution in [0.5, 0.6) is 0 Å². The molecule has 3 rings (SSSR count). The Kier molecular flexibility index (Phi) is 4.49. The Hall–Kier alpha value is -2.82. The smallest absolute Gasteiger partial charge is 0.356 e. The monoisotopic (exact) mass is 343 g/mol. The molecule has 1 heterocycles. The molecule has 0 fully saturated rings. The Labute approximate surface area is 143 Å². The van der Waals surface area contributed by atoms with Crippen LogP contribution in [0.2, 0.25) is 0 Å². The normalized spacial score (nSPS) is 11.5. The van der Waals surface area contributed by atoms with Crippen LogP contribution in [0.3, 0.4) is 0 Å². The second-order valence-corrected chi connectivity index (χ2v) is 5.93. The van der Waals surface area contributed by atoms with Gasteiger partial charge in [0.05, 0.1) is 5.56 Å². The first-order valence-corrected chi connectivity index (χ1v) is 7.75. The molecule has 128 valence electrons. The summed E-state index contributed by atoms with van der Waals surface area (Å²) in [6.07, 6.45) is -0.734. The van der Waals surface area contributed by atoms with Crippen molar-refractivity contribution < 1.29 is 13.2 Å². The van der Waals surface area contributed by atoms with Crippen molar-refractivity contribution in [3.8, 4) is 11.1 Å². The number of pyridine rings is 1. The molecule has 0 saturated heterocycles. The molecule has 0 N–H and O–H groups in total. The molecule has 0 unspecified atom stereocenters. The Morgan fingerprint density at radius 2 is 1.68 bits per heavy atom. The number of halogens is 3. The van der Waals surface area contributed by atoms with Crippen LogP contribution in [0.1, 0.15) is 16.7 Å². The van der Waals surface area contributed by atoms with Crippen molar-refractivity contribution >= 4 is 0 Å². The van der Waals surface area contributed by atoms with Crippen molar-refractivity contribution in [2.75, 3.05) is 0 Å². The van der Waals surface area contributed by atoms with Gasteiger partial charge in [-0.2, -0.15) is 13.2 Å². The van der Waals surface area contributed by atoms with E-state index in [2.05, 4.69) is 0 Å². The van der Waals surface area contributed by atoms with Gasteiger partial charge in [0.25, 0.3) is 0 Å². The molecule has 3 aromatic rings. The number of aryl methyl sites for hydroxylation is 1. The van der Waals surface area contributed by atoms with E-state index in [1.54, 1.807) is 24.0 Å². The lowest BCUT2D eigenvalue weighted by molar-refractivity contribution is -0.137. The van der Waals surface area contributed by atoms with Gasteiger partial charge in [0.1, 0.15) is 0 Å². The van der Waals surface area contributed by atoms with E-state index in [4.69, 9.17) is 0 Å². The molecule has 0 amide bonds. The fourth-order valence-corrected chi connectivity index (χ4v) is 2.79. The highest BCUT2D eigenvalue weighted by molar-refractivity contribution is 5.64. The van der Waals surface area contributed by atoms with Gasteiger partial charge in [-0.25, -0.2) is 0 Å². The second-order valence-electron chi connectivity index (χ2n) is 5.93. The molecule has 0 saturated carbocycles. The van der Waals surface area contributed by atoms with Crippen LogP contribution >= 0.6 is 0 Å². The predicted octanol–water partition coefficient (Wildman–Crippen LogP) is 4.66. The van der Waals surface area contributed by atoms with E-state index in [0.717, 1.165) is 17.7 Å². The lowest BCUT2D eigenvalue weighted by Crippen LogP contribution is -2.15. The lowest BCUT2D eigenvalue weighted by atomic mass is 9.99. The quantitative estimate of drug-likeness (QED) is 0.678. The Bertz CT molecular complexity index is 943. The summed E-state index contributed by atoms with van der Waals surface area (Å²) in [6.45, 7) is 0. The van der Waals surface area contributed by atoms with Crippen molar-refractivity contribution in [3.05, 3.63) is 93.9 Å². The third-order valence-corrected chi connectivity index (χ3v) is 3.97. The van der Waals surface area contributed by atoms with Gasteiger partial charge in [-0.05, 0) is 23.3 Å². The maximum atomic E-state index is 12.9. The summed E-state index contributed by atoms with van der Waals surface area (Å²) < 4.78 is 40.5. The largest absolute Gasteiger partial charge is 0.416 e. The average molecular weight is 343 g/mol. The molecule has 0 aliphatic carbocycles. The SMILES string of the molecule is Cn1cc(Cc2ccccc2)c(=O)c(-c2cccc(C(F)(F)F)c2)c1. The summed E-state index contributed by atoms with van der Waals surface area (Å²) in [5.74, 6) is 0. The van der Waals surface area contributed by atoms with Crippen molar-refractivity contribution in [1.29, 1.82) is 0 Å². The summed E-state index contributed by atoms with van der Waals surface area (Å²) in [5.41, 5.74) is 1.04. The van der Waals surface area contributed by atoms with Crippen molar-refractivity contribution in [3.63, 3.8) is 0 Å². The summed E-state index contributed by atoms with van der Waals surface area (Å²) >= 11 is 0. The molecular formula is C20H16F3NO. The standard InChI is InChI=1S/C20H16F3NO/c1-24-12-16(10-14-6-3-2-4-7-14)19(25)18(13-24)15-8-5-9-17(11-15)20(21,22)23/h2-9,11-13H,10H2,1H3. The zero-order valence-corrected chi connectivity index (χ0v) is 13.5. The molecule has 1 aromatic heterocycles.